The van der Waals surface area contributed by atoms with Crippen LogP contribution in [0.5, 0.6) is 0 Å². The lowest BCUT2D eigenvalue weighted by Crippen LogP contribution is -2.32. The van der Waals surface area contributed by atoms with Crippen LogP contribution >= 0.6 is 11.6 Å². The molecule has 0 amide bonds. The van der Waals surface area contributed by atoms with Gasteiger partial charge < -0.3 is 5.11 Å². The van der Waals surface area contributed by atoms with Crippen molar-refractivity contribution >= 4 is 23.4 Å². The van der Waals surface area contributed by atoms with Crippen LogP contribution in [0.2, 0.25) is 5.02 Å². The Morgan fingerprint density at radius 2 is 1.97 bits per heavy atom. The highest BCUT2D eigenvalue weighted by Gasteiger charge is 2.40. The molecule has 6 nitrogen and oxygen atoms in total. The van der Waals surface area contributed by atoms with Gasteiger partial charge in [-0.05, 0) is 74.0 Å². The lowest BCUT2D eigenvalue weighted by molar-refractivity contribution is -0.137. The molecular formula is C29H40ClN3O3. The van der Waals surface area contributed by atoms with Crippen molar-refractivity contribution in [1.29, 1.82) is 0 Å². The second-order valence-corrected chi connectivity index (χ2v) is 12.3. The van der Waals surface area contributed by atoms with Crippen LogP contribution in [0.15, 0.2) is 18.2 Å². The van der Waals surface area contributed by atoms with Crippen LogP contribution in [-0.2, 0) is 16.0 Å². The number of halogens is 1. The van der Waals surface area contributed by atoms with E-state index in [1.807, 2.05) is 25.1 Å². The first-order valence-corrected chi connectivity index (χ1v) is 13.9. The smallest absolute Gasteiger partial charge is 0.303 e. The molecule has 1 heterocycles. The Morgan fingerprint density at radius 3 is 2.58 bits per heavy atom. The Hall–Kier alpha value is -2.21. The molecule has 7 heteroatoms. The van der Waals surface area contributed by atoms with E-state index in [-0.39, 0.29) is 31.0 Å². The summed E-state index contributed by atoms with van der Waals surface area (Å²) in [6, 6.07) is 6.10. The molecule has 196 valence electrons. The van der Waals surface area contributed by atoms with Crippen LogP contribution in [0.25, 0.3) is 0 Å². The first-order chi connectivity index (χ1) is 17.1. The quantitative estimate of drug-likeness (QED) is 0.310. The van der Waals surface area contributed by atoms with Gasteiger partial charge in [0, 0.05) is 36.1 Å². The second kappa shape index (κ2) is 11.0. The fourth-order valence-electron chi connectivity index (χ4n) is 5.61. The maximum Gasteiger partial charge on any atom is 0.303 e. The molecule has 0 bridgehead atoms. The number of aromatic nitrogens is 3. The van der Waals surface area contributed by atoms with E-state index >= 15 is 0 Å². The SMILES string of the molecule is CCC(C)(C)CC1CC(n2nnc(C(CCC(=O)O)CC(=O)Cc3ccc(C)cc3Cl)c2C2CC2)C1. The predicted molar refractivity (Wildman–Crippen MR) is 142 cm³/mol. The van der Waals surface area contributed by atoms with Crippen molar-refractivity contribution in [3.63, 3.8) is 0 Å². The van der Waals surface area contributed by atoms with Gasteiger partial charge in [0.1, 0.15) is 5.78 Å². The molecule has 2 aromatic rings. The van der Waals surface area contributed by atoms with E-state index in [4.69, 9.17) is 11.6 Å². The van der Waals surface area contributed by atoms with Gasteiger partial charge >= 0.3 is 5.97 Å². The minimum absolute atomic E-state index is 0.0117. The summed E-state index contributed by atoms with van der Waals surface area (Å²) in [4.78, 5) is 24.5. The van der Waals surface area contributed by atoms with Crippen molar-refractivity contribution in [3.8, 4) is 0 Å². The number of carboxylic acids is 1. The molecule has 1 atom stereocenters. The molecule has 2 saturated carbocycles. The summed E-state index contributed by atoms with van der Waals surface area (Å²) in [5.41, 5.74) is 4.23. The van der Waals surface area contributed by atoms with Crippen LogP contribution in [0, 0.1) is 18.3 Å². The van der Waals surface area contributed by atoms with Crippen molar-refractivity contribution in [2.24, 2.45) is 11.3 Å². The van der Waals surface area contributed by atoms with E-state index in [0.29, 0.717) is 34.7 Å². The molecule has 4 rings (SSSR count). The highest BCUT2D eigenvalue weighted by Crippen LogP contribution is 2.49. The molecule has 2 fully saturated rings. The molecule has 2 aliphatic carbocycles. The highest BCUT2D eigenvalue weighted by atomic mass is 35.5. The number of carbonyl (C=O) groups is 2. The van der Waals surface area contributed by atoms with E-state index in [1.165, 1.54) is 12.8 Å². The molecular weight excluding hydrogens is 474 g/mol. The second-order valence-electron chi connectivity index (χ2n) is 11.9. The predicted octanol–water partition coefficient (Wildman–Crippen LogP) is 7.05. The van der Waals surface area contributed by atoms with E-state index < -0.39 is 5.97 Å². The molecule has 1 unspecified atom stereocenters. The fourth-order valence-corrected chi connectivity index (χ4v) is 5.91. The maximum absolute atomic E-state index is 13.1. The summed E-state index contributed by atoms with van der Waals surface area (Å²) >= 11 is 6.37. The third kappa shape index (κ3) is 6.56. The number of ketones is 1. The van der Waals surface area contributed by atoms with Crippen molar-refractivity contribution in [3.05, 3.63) is 45.7 Å². The van der Waals surface area contributed by atoms with Crippen molar-refractivity contribution < 1.29 is 14.7 Å². The summed E-state index contributed by atoms with van der Waals surface area (Å²) in [7, 11) is 0. The lowest BCUT2D eigenvalue weighted by Gasteiger charge is -2.40. The van der Waals surface area contributed by atoms with Crippen molar-refractivity contribution in [2.75, 3.05) is 0 Å². The van der Waals surface area contributed by atoms with Gasteiger partial charge in [0.25, 0.3) is 0 Å². The zero-order valence-electron chi connectivity index (χ0n) is 22.1. The van der Waals surface area contributed by atoms with Crippen LogP contribution in [0.1, 0.15) is 119 Å². The maximum atomic E-state index is 13.1. The van der Waals surface area contributed by atoms with Crippen LogP contribution in [0.3, 0.4) is 0 Å². The van der Waals surface area contributed by atoms with Gasteiger partial charge in [-0.3, -0.25) is 9.59 Å². The molecule has 2 aliphatic rings. The normalized spacial score (nSPS) is 20.7. The Labute approximate surface area is 219 Å². The summed E-state index contributed by atoms with van der Waals surface area (Å²) in [5.74, 6) is 0.105. The number of carbonyl (C=O) groups excluding carboxylic acids is 1. The number of hydrogen-bond donors (Lipinski definition) is 1. The van der Waals surface area contributed by atoms with Gasteiger partial charge in [-0.2, -0.15) is 0 Å². The third-order valence-corrected chi connectivity index (χ3v) is 8.59. The summed E-state index contributed by atoms with van der Waals surface area (Å²) < 4.78 is 2.14. The Balaban J connectivity index is 1.50. The number of aryl methyl sites for hydroxylation is 1. The highest BCUT2D eigenvalue weighted by molar-refractivity contribution is 6.31. The topological polar surface area (TPSA) is 85.1 Å². The number of carboxylic acid groups (broad SMARTS) is 1. The Kier molecular flexibility index (Phi) is 8.23. The molecule has 1 aromatic carbocycles. The largest absolute Gasteiger partial charge is 0.481 e. The third-order valence-electron chi connectivity index (χ3n) is 8.24. The first-order valence-electron chi connectivity index (χ1n) is 13.5. The minimum Gasteiger partial charge on any atom is -0.481 e. The molecule has 0 spiro atoms. The summed E-state index contributed by atoms with van der Waals surface area (Å²) in [5, 5.41) is 19.2. The average molecular weight is 514 g/mol. The van der Waals surface area contributed by atoms with E-state index in [0.717, 1.165) is 48.2 Å². The number of nitrogens with zero attached hydrogens (tertiary/aromatic N) is 3. The van der Waals surface area contributed by atoms with E-state index in [9.17, 15) is 14.7 Å². The van der Waals surface area contributed by atoms with Crippen molar-refractivity contribution in [1.82, 2.24) is 15.0 Å². The van der Waals surface area contributed by atoms with Crippen molar-refractivity contribution in [2.45, 2.75) is 110 Å². The number of aliphatic carboxylic acids is 1. The average Bonchev–Trinajstić information content (AvgIpc) is 3.54. The zero-order chi connectivity index (χ0) is 26.0. The van der Waals surface area contributed by atoms with Gasteiger partial charge in [0.2, 0.25) is 0 Å². The minimum atomic E-state index is -0.852. The van der Waals surface area contributed by atoms with E-state index in [1.54, 1.807) is 0 Å². The van der Waals surface area contributed by atoms with E-state index in [2.05, 4.69) is 35.8 Å². The molecule has 0 radical (unpaired) electrons. The van der Waals surface area contributed by atoms with Gasteiger partial charge in [-0.1, -0.05) is 56.1 Å². The summed E-state index contributed by atoms with van der Waals surface area (Å²) in [6.45, 7) is 8.92. The molecule has 1 aromatic heterocycles. The molecule has 36 heavy (non-hydrogen) atoms. The van der Waals surface area contributed by atoms with Crippen LogP contribution < -0.4 is 0 Å². The Bertz CT molecular complexity index is 1100. The zero-order valence-corrected chi connectivity index (χ0v) is 22.9. The first kappa shape index (κ1) is 26.8. The van der Waals surface area contributed by atoms with Gasteiger partial charge in [0.05, 0.1) is 17.4 Å². The number of Topliss-reactive ketones (excluding diaryl/α,β-unsaturated/α-hetero) is 1. The van der Waals surface area contributed by atoms with Gasteiger partial charge in [-0.25, -0.2) is 4.68 Å². The van der Waals surface area contributed by atoms with Crippen LogP contribution in [0.4, 0.5) is 0 Å². The number of rotatable bonds is 13. The number of benzene rings is 1. The van der Waals surface area contributed by atoms with Gasteiger partial charge in [-0.15, -0.1) is 5.10 Å². The Morgan fingerprint density at radius 1 is 1.25 bits per heavy atom. The fraction of sp³-hybridized carbons (Fsp3) is 0.655. The standard InChI is InChI=1S/C29H40ClN3O3/c1-5-29(3,4)17-19-13-23(14-19)33-28(20-8-9-20)27(31-32-33)22(10-11-26(35)36)16-24(34)15-21-7-6-18(2)12-25(21)30/h6-7,12,19-20,22-23H,5,8-11,13-17H2,1-4H3,(H,35,36). The lowest BCUT2D eigenvalue weighted by atomic mass is 9.70. The molecule has 0 aliphatic heterocycles. The molecule has 1 N–H and O–H groups in total. The number of hydrogen-bond acceptors (Lipinski definition) is 4. The molecule has 0 saturated heterocycles. The van der Waals surface area contributed by atoms with Gasteiger partial charge in [0.15, 0.2) is 0 Å². The summed E-state index contributed by atoms with van der Waals surface area (Å²) in [6.07, 6.45) is 7.78. The van der Waals surface area contributed by atoms with Crippen LogP contribution in [-0.4, -0.2) is 31.9 Å². The monoisotopic (exact) mass is 513 g/mol.